The Balaban J connectivity index is 1.68. The smallest absolute Gasteiger partial charge is 0.220 e. The highest BCUT2D eigenvalue weighted by Crippen LogP contribution is 2.13. The molecule has 4 heteroatoms. The predicted octanol–water partition coefficient (Wildman–Crippen LogP) is 3.43. The molecule has 22 heavy (non-hydrogen) atoms. The summed E-state index contributed by atoms with van der Waals surface area (Å²) in [5.41, 5.74) is 2.22. The number of pyridine rings is 1. The first-order valence-corrected chi connectivity index (χ1v) is 7.54. The van der Waals surface area contributed by atoms with Gasteiger partial charge in [0.1, 0.15) is 5.75 Å². The molecule has 0 spiro atoms. The molecule has 4 nitrogen and oxygen atoms in total. The second-order valence-corrected chi connectivity index (χ2v) is 5.34. The van der Waals surface area contributed by atoms with E-state index in [1.165, 1.54) is 5.56 Å². The molecule has 116 valence electrons. The number of amides is 1. The summed E-state index contributed by atoms with van der Waals surface area (Å²) in [6, 6.07) is 11.7. The number of ether oxygens (including phenoxy) is 1. The Morgan fingerprint density at radius 3 is 2.77 bits per heavy atom. The van der Waals surface area contributed by atoms with Crippen molar-refractivity contribution < 1.29 is 9.53 Å². The van der Waals surface area contributed by atoms with Gasteiger partial charge in [-0.3, -0.25) is 9.78 Å². The first kappa shape index (κ1) is 16.0. The van der Waals surface area contributed by atoms with Crippen molar-refractivity contribution >= 4 is 5.91 Å². The van der Waals surface area contributed by atoms with E-state index < -0.39 is 0 Å². The molecule has 0 radical (unpaired) electrons. The van der Waals surface area contributed by atoms with E-state index in [1.807, 2.05) is 50.2 Å². The number of hydrogen-bond acceptors (Lipinski definition) is 3. The Hall–Kier alpha value is -2.36. The van der Waals surface area contributed by atoms with E-state index in [9.17, 15) is 4.79 Å². The van der Waals surface area contributed by atoms with Crippen LogP contribution < -0.4 is 10.1 Å². The van der Waals surface area contributed by atoms with Crippen molar-refractivity contribution in [2.75, 3.05) is 6.61 Å². The highest BCUT2D eigenvalue weighted by atomic mass is 16.5. The quantitative estimate of drug-likeness (QED) is 0.797. The van der Waals surface area contributed by atoms with Gasteiger partial charge in [0.05, 0.1) is 12.6 Å². The van der Waals surface area contributed by atoms with E-state index in [4.69, 9.17) is 4.74 Å². The number of aryl methyl sites for hydroxylation is 1. The molecule has 0 fully saturated rings. The number of benzene rings is 1. The first-order valence-electron chi connectivity index (χ1n) is 7.54. The molecule has 1 atom stereocenters. The van der Waals surface area contributed by atoms with Crippen molar-refractivity contribution in [3.8, 4) is 5.75 Å². The molecule has 2 rings (SSSR count). The number of rotatable bonds is 7. The Kier molecular flexibility index (Phi) is 5.95. The fourth-order valence-corrected chi connectivity index (χ4v) is 2.18. The molecule has 2 aromatic rings. The van der Waals surface area contributed by atoms with Crippen LogP contribution >= 0.6 is 0 Å². The van der Waals surface area contributed by atoms with Gasteiger partial charge in [0, 0.05) is 18.8 Å². The van der Waals surface area contributed by atoms with E-state index in [2.05, 4.69) is 10.3 Å². The molecule has 0 saturated heterocycles. The molecule has 1 amide bonds. The van der Waals surface area contributed by atoms with E-state index >= 15 is 0 Å². The lowest BCUT2D eigenvalue weighted by molar-refractivity contribution is -0.121. The molecule has 0 aliphatic rings. The van der Waals surface area contributed by atoms with Gasteiger partial charge in [0.2, 0.25) is 5.91 Å². The van der Waals surface area contributed by atoms with Gasteiger partial charge in [-0.2, -0.15) is 0 Å². The zero-order chi connectivity index (χ0) is 15.8. The third-order valence-electron chi connectivity index (χ3n) is 3.39. The zero-order valence-electron chi connectivity index (χ0n) is 13.1. The van der Waals surface area contributed by atoms with Crippen LogP contribution in [0.4, 0.5) is 0 Å². The summed E-state index contributed by atoms with van der Waals surface area (Å²) >= 11 is 0. The largest absolute Gasteiger partial charge is 0.494 e. The van der Waals surface area contributed by atoms with Crippen LogP contribution in [-0.2, 0) is 4.79 Å². The van der Waals surface area contributed by atoms with E-state index in [1.54, 1.807) is 12.4 Å². The lowest BCUT2D eigenvalue weighted by Crippen LogP contribution is -2.26. The minimum atomic E-state index is -0.00630. The predicted molar refractivity (Wildman–Crippen MR) is 86.7 cm³/mol. The van der Waals surface area contributed by atoms with Gasteiger partial charge in [0.15, 0.2) is 0 Å². The summed E-state index contributed by atoms with van der Waals surface area (Å²) in [6.07, 6.45) is 4.62. The average Bonchev–Trinajstić information content (AvgIpc) is 2.52. The molecule has 0 saturated carbocycles. The summed E-state index contributed by atoms with van der Waals surface area (Å²) in [6.45, 7) is 4.54. The fourth-order valence-electron chi connectivity index (χ4n) is 2.18. The highest BCUT2D eigenvalue weighted by Gasteiger charge is 2.09. The molecule has 0 aliphatic heterocycles. The van der Waals surface area contributed by atoms with Gasteiger partial charge in [-0.05, 0) is 55.7 Å². The molecule has 0 unspecified atom stereocenters. The summed E-state index contributed by atoms with van der Waals surface area (Å²) < 4.78 is 5.64. The van der Waals surface area contributed by atoms with Crippen LogP contribution in [0.5, 0.6) is 5.75 Å². The van der Waals surface area contributed by atoms with E-state index in [0.29, 0.717) is 19.4 Å². The molecule has 0 bridgehead atoms. The maximum Gasteiger partial charge on any atom is 0.220 e. The number of carbonyl (C=O) groups is 1. The Morgan fingerprint density at radius 1 is 1.27 bits per heavy atom. The first-order chi connectivity index (χ1) is 10.6. The molecular weight excluding hydrogens is 276 g/mol. The highest BCUT2D eigenvalue weighted by molar-refractivity contribution is 5.76. The van der Waals surface area contributed by atoms with Crippen molar-refractivity contribution in [1.82, 2.24) is 10.3 Å². The Morgan fingerprint density at radius 2 is 2.05 bits per heavy atom. The van der Waals surface area contributed by atoms with Crippen LogP contribution in [0, 0.1) is 6.92 Å². The zero-order valence-corrected chi connectivity index (χ0v) is 13.1. The summed E-state index contributed by atoms with van der Waals surface area (Å²) in [7, 11) is 0. The summed E-state index contributed by atoms with van der Waals surface area (Å²) in [5.74, 6) is 0.891. The molecule has 1 aromatic heterocycles. The Bertz CT molecular complexity index is 599. The second kappa shape index (κ2) is 8.17. The number of carbonyl (C=O) groups excluding carboxylic acids is 1. The third kappa shape index (κ3) is 5.20. The van der Waals surface area contributed by atoms with Crippen LogP contribution in [0.2, 0.25) is 0 Å². The van der Waals surface area contributed by atoms with Crippen molar-refractivity contribution in [2.45, 2.75) is 32.7 Å². The van der Waals surface area contributed by atoms with Crippen molar-refractivity contribution in [2.24, 2.45) is 0 Å². The number of nitrogens with zero attached hydrogens (tertiary/aromatic N) is 1. The molecule has 1 heterocycles. The van der Waals surface area contributed by atoms with Crippen molar-refractivity contribution in [1.29, 1.82) is 0 Å². The summed E-state index contributed by atoms with van der Waals surface area (Å²) in [5, 5.41) is 2.98. The topological polar surface area (TPSA) is 51.2 Å². The maximum absolute atomic E-state index is 11.9. The van der Waals surface area contributed by atoms with E-state index in [0.717, 1.165) is 11.3 Å². The lowest BCUT2D eigenvalue weighted by Gasteiger charge is -2.14. The van der Waals surface area contributed by atoms with Crippen LogP contribution in [0.3, 0.4) is 0 Å². The van der Waals surface area contributed by atoms with Crippen LogP contribution in [0.25, 0.3) is 0 Å². The van der Waals surface area contributed by atoms with Crippen molar-refractivity contribution in [3.05, 3.63) is 59.9 Å². The summed E-state index contributed by atoms with van der Waals surface area (Å²) in [4.78, 5) is 15.9. The van der Waals surface area contributed by atoms with Gasteiger partial charge in [-0.25, -0.2) is 0 Å². The number of nitrogens with one attached hydrogen (secondary N) is 1. The van der Waals surface area contributed by atoms with Crippen LogP contribution in [0.15, 0.2) is 48.8 Å². The average molecular weight is 298 g/mol. The van der Waals surface area contributed by atoms with Crippen molar-refractivity contribution in [3.63, 3.8) is 0 Å². The van der Waals surface area contributed by atoms with Crippen LogP contribution in [0.1, 0.15) is 36.9 Å². The van der Waals surface area contributed by atoms with Gasteiger partial charge < -0.3 is 10.1 Å². The minimum absolute atomic E-state index is 0.00630. The van der Waals surface area contributed by atoms with E-state index in [-0.39, 0.29) is 11.9 Å². The minimum Gasteiger partial charge on any atom is -0.494 e. The molecule has 1 aromatic carbocycles. The molecule has 0 aliphatic carbocycles. The fraction of sp³-hybridized carbons (Fsp3) is 0.333. The standard InChI is InChI=1S/C18H22N2O2/c1-14-5-3-6-17(13-14)22-12-4-7-18(21)20-15(2)16-8-10-19-11-9-16/h3,5-6,8-11,13,15H,4,7,12H2,1-2H3,(H,20,21)/t15-/m1/s1. The third-order valence-corrected chi connectivity index (χ3v) is 3.39. The Labute approximate surface area is 131 Å². The lowest BCUT2D eigenvalue weighted by atomic mass is 10.1. The van der Waals surface area contributed by atoms with Gasteiger partial charge >= 0.3 is 0 Å². The second-order valence-electron chi connectivity index (χ2n) is 5.34. The molecule has 1 N–H and O–H groups in total. The number of hydrogen-bond donors (Lipinski definition) is 1. The van der Waals surface area contributed by atoms with Gasteiger partial charge in [-0.15, -0.1) is 0 Å². The normalized spacial score (nSPS) is 11.7. The van der Waals surface area contributed by atoms with Gasteiger partial charge in [-0.1, -0.05) is 12.1 Å². The monoisotopic (exact) mass is 298 g/mol. The SMILES string of the molecule is Cc1cccc(OCCCC(=O)N[C@H](C)c2ccncc2)c1. The van der Waals surface area contributed by atoms with Crippen LogP contribution in [-0.4, -0.2) is 17.5 Å². The number of aromatic nitrogens is 1. The maximum atomic E-state index is 11.9. The molecular formula is C18H22N2O2. The van der Waals surface area contributed by atoms with Gasteiger partial charge in [0.25, 0.3) is 0 Å².